The normalized spacial score (nSPS) is 15.4. The molecule has 0 amide bonds. The molecule has 0 saturated carbocycles. The van der Waals surface area contributed by atoms with E-state index in [0.717, 1.165) is 19.3 Å². The minimum absolute atomic E-state index is 0.161. The molecule has 0 heterocycles. The third-order valence-corrected chi connectivity index (χ3v) is 3.50. The van der Waals surface area contributed by atoms with Gasteiger partial charge in [-0.05, 0) is 30.6 Å². The number of carbonyl (C=O) groups is 1. The number of rotatable bonds is 9. The molecule has 0 aromatic carbocycles. The number of ether oxygens (including phenoxy) is 1. The zero-order valence-corrected chi connectivity index (χ0v) is 13.2. The van der Waals surface area contributed by atoms with Crippen molar-refractivity contribution in [2.75, 3.05) is 13.2 Å². The fraction of sp³-hybridized carbons (Fsp3) is 0.938. The van der Waals surface area contributed by atoms with E-state index in [-0.39, 0.29) is 17.1 Å². The van der Waals surface area contributed by atoms with Gasteiger partial charge in [0.15, 0.2) is 5.78 Å². The quantitative estimate of drug-likeness (QED) is 0.569. The molecule has 0 aromatic rings. The molecule has 0 rings (SSSR count). The summed E-state index contributed by atoms with van der Waals surface area (Å²) in [5.74, 6) is 1.13. The highest BCUT2D eigenvalue weighted by atomic mass is 16.5. The van der Waals surface area contributed by atoms with Gasteiger partial charge in [-0.3, -0.25) is 4.79 Å². The van der Waals surface area contributed by atoms with Crippen molar-refractivity contribution in [3.8, 4) is 0 Å². The van der Waals surface area contributed by atoms with Crippen LogP contribution in [0.25, 0.3) is 0 Å². The Balaban J connectivity index is 3.91. The molecule has 2 heteroatoms. The number of hydrogen-bond acceptors (Lipinski definition) is 2. The van der Waals surface area contributed by atoms with Crippen LogP contribution in [0.3, 0.4) is 0 Å². The molecule has 0 aromatic heterocycles. The second kappa shape index (κ2) is 8.68. The van der Waals surface area contributed by atoms with Crippen LogP contribution in [-0.4, -0.2) is 19.0 Å². The number of ketones is 1. The molecule has 2 unspecified atom stereocenters. The number of carbonyl (C=O) groups excluding carboxylic acids is 1. The largest absolute Gasteiger partial charge is 0.374 e. The van der Waals surface area contributed by atoms with Crippen molar-refractivity contribution in [2.45, 2.75) is 67.2 Å². The summed E-state index contributed by atoms with van der Waals surface area (Å²) in [4.78, 5) is 12.0. The van der Waals surface area contributed by atoms with Gasteiger partial charge in [0, 0.05) is 12.5 Å². The fourth-order valence-electron chi connectivity index (χ4n) is 2.00. The maximum atomic E-state index is 12.0. The summed E-state index contributed by atoms with van der Waals surface area (Å²) in [6.45, 7) is 14.1. The lowest BCUT2D eigenvalue weighted by molar-refractivity contribution is -0.128. The Labute approximate surface area is 113 Å². The molecular formula is C16H32O2. The first kappa shape index (κ1) is 17.6. The number of Topliss-reactive ketones (excluding diaryl/α,β-unsaturated/α-hetero) is 1. The van der Waals surface area contributed by atoms with Gasteiger partial charge in [-0.25, -0.2) is 0 Å². The van der Waals surface area contributed by atoms with E-state index < -0.39 is 0 Å². The molecule has 18 heavy (non-hydrogen) atoms. The molecule has 0 aliphatic rings. The van der Waals surface area contributed by atoms with Crippen molar-refractivity contribution in [3.05, 3.63) is 0 Å². The predicted octanol–water partition coefficient (Wildman–Crippen LogP) is 4.47. The minimum atomic E-state index is 0.161. The first-order valence-corrected chi connectivity index (χ1v) is 7.40. The molecule has 0 spiro atoms. The van der Waals surface area contributed by atoms with E-state index in [0.29, 0.717) is 19.1 Å². The van der Waals surface area contributed by atoms with Crippen molar-refractivity contribution in [1.82, 2.24) is 0 Å². The Bertz CT molecular complexity index is 228. The van der Waals surface area contributed by atoms with Gasteiger partial charge >= 0.3 is 0 Å². The van der Waals surface area contributed by atoms with E-state index in [1.165, 1.54) is 6.42 Å². The summed E-state index contributed by atoms with van der Waals surface area (Å²) in [5.41, 5.74) is 0.215. The van der Waals surface area contributed by atoms with Gasteiger partial charge in [0.05, 0.1) is 0 Å². The monoisotopic (exact) mass is 256 g/mol. The van der Waals surface area contributed by atoms with E-state index in [1.807, 2.05) is 0 Å². The Hall–Kier alpha value is -0.370. The molecule has 2 atom stereocenters. The van der Waals surface area contributed by atoms with Crippen molar-refractivity contribution < 1.29 is 9.53 Å². The van der Waals surface area contributed by atoms with Gasteiger partial charge in [-0.15, -0.1) is 0 Å². The van der Waals surface area contributed by atoms with Crippen molar-refractivity contribution >= 4 is 5.78 Å². The summed E-state index contributed by atoms with van der Waals surface area (Å²) in [7, 11) is 0. The van der Waals surface area contributed by atoms with Gasteiger partial charge in [0.1, 0.15) is 6.61 Å². The van der Waals surface area contributed by atoms with Crippen LogP contribution in [0.15, 0.2) is 0 Å². The standard InChI is InChI=1S/C16H32O2/c1-7-13(3)9-10-18-12-15(17)14(8-2)11-16(4,5)6/h13-14H,7-12H2,1-6H3. The molecular weight excluding hydrogens is 224 g/mol. The molecule has 0 saturated heterocycles. The van der Waals surface area contributed by atoms with Crippen LogP contribution in [0.4, 0.5) is 0 Å². The Morgan fingerprint density at radius 3 is 2.22 bits per heavy atom. The van der Waals surface area contributed by atoms with Crippen LogP contribution >= 0.6 is 0 Å². The van der Waals surface area contributed by atoms with Crippen LogP contribution in [0.2, 0.25) is 0 Å². The minimum Gasteiger partial charge on any atom is -0.374 e. The highest BCUT2D eigenvalue weighted by Crippen LogP contribution is 2.26. The van der Waals surface area contributed by atoms with Crippen LogP contribution < -0.4 is 0 Å². The Morgan fingerprint density at radius 2 is 1.78 bits per heavy atom. The zero-order chi connectivity index (χ0) is 14.2. The third-order valence-electron chi connectivity index (χ3n) is 3.50. The average molecular weight is 256 g/mol. The highest BCUT2D eigenvalue weighted by molar-refractivity contribution is 5.82. The summed E-state index contributed by atoms with van der Waals surface area (Å²) in [6, 6.07) is 0. The van der Waals surface area contributed by atoms with E-state index in [9.17, 15) is 4.79 Å². The van der Waals surface area contributed by atoms with Crippen molar-refractivity contribution in [1.29, 1.82) is 0 Å². The van der Waals surface area contributed by atoms with E-state index >= 15 is 0 Å². The van der Waals surface area contributed by atoms with Gasteiger partial charge in [0.25, 0.3) is 0 Å². The van der Waals surface area contributed by atoms with E-state index in [1.54, 1.807) is 0 Å². The Kier molecular flexibility index (Phi) is 8.51. The summed E-state index contributed by atoms with van der Waals surface area (Å²) in [6.07, 6.45) is 4.11. The molecule has 0 fully saturated rings. The van der Waals surface area contributed by atoms with Gasteiger partial charge in [-0.2, -0.15) is 0 Å². The SMILES string of the molecule is CCC(C)CCOCC(=O)C(CC)CC(C)(C)C. The molecule has 108 valence electrons. The first-order chi connectivity index (χ1) is 8.30. The smallest absolute Gasteiger partial charge is 0.161 e. The maximum Gasteiger partial charge on any atom is 0.161 e. The molecule has 0 aliphatic heterocycles. The van der Waals surface area contributed by atoms with Gasteiger partial charge in [-0.1, -0.05) is 48.0 Å². The van der Waals surface area contributed by atoms with Crippen LogP contribution in [0.1, 0.15) is 67.2 Å². The first-order valence-electron chi connectivity index (χ1n) is 7.40. The number of hydrogen-bond donors (Lipinski definition) is 0. The van der Waals surface area contributed by atoms with E-state index in [4.69, 9.17) is 4.74 Å². The second-order valence-electron chi connectivity index (χ2n) is 6.69. The molecule has 0 aliphatic carbocycles. The highest BCUT2D eigenvalue weighted by Gasteiger charge is 2.23. The predicted molar refractivity (Wildman–Crippen MR) is 77.8 cm³/mol. The zero-order valence-electron chi connectivity index (χ0n) is 13.2. The lowest BCUT2D eigenvalue weighted by Crippen LogP contribution is -2.24. The van der Waals surface area contributed by atoms with Crippen LogP contribution in [0, 0.1) is 17.3 Å². The van der Waals surface area contributed by atoms with Gasteiger partial charge in [0.2, 0.25) is 0 Å². The van der Waals surface area contributed by atoms with Crippen molar-refractivity contribution in [3.63, 3.8) is 0 Å². The third kappa shape index (κ3) is 8.68. The van der Waals surface area contributed by atoms with Gasteiger partial charge < -0.3 is 4.74 Å². The topological polar surface area (TPSA) is 26.3 Å². The molecule has 0 N–H and O–H groups in total. The van der Waals surface area contributed by atoms with Crippen LogP contribution in [0.5, 0.6) is 0 Å². The molecule has 0 radical (unpaired) electrons. The molecule has 2 nitrogen and oxygen atoms in total. The second-order valence-corrected chi connectivity index (χ2v) is 6.69. The van der Waals surface area contributed by atoms with Crippen LogP contribution in [-0.2, 0) is 9.53 Å². The maximum absolute atomic E-state index is 12.0. The summed E-state index contributed by atoms with van der Waals surface area (Å²) < 4.78 is 5.52. The Morgan fingerprint density at radius 1 is 1.17 bits per heavy atom. The molecule has 0 bridgehead atoms. The summed E-state index contributed by atoms with van der Waals surface area (Å²) in [5, 5.41) is 0. The average Bonchev–Trinajstić information content (AvgIpc) is 2.29. The lowest BCUT2D eigenvalue weighted by Gasteiger charge is -2.24. The van der Waals surface area contributed by atoms with Crippen molar-refractivity contribution in [2.24, 2.45) is 17.3 Å². The lowest BCUT2D eigenvalue weighted by atomic mass is 9.82. The van der Waals surface area contributed by atoms with E-state index in [2.05, 4.69) is 41.5 Å². The summed E-state index contributed by atoms with van der Waals surface area (Å²) >= 11 is 0. The fourth-order valence-corrected chi connectivity index (χ4v) is 2.00.